The molecule has 8 heteroatoms. The van der Waals surface area contributed by atoms with Gasteiger partial charge in [-0.1, -0.05) is 11.6 Å². The minimum atomic E-state index is -3.34. The first-order valence-electron chi connectivity index (χ1n) is 7.91. The first-order chi connectivity index (χ1) is 11.8. The lowest BCUT2D eigenvalue weighted by molar-refractivity contribution is -0.117. The second kappa shape index (κ2) is 6.55. The van der Waals surface area contributed by atoms with Crippen LogP contribution >= 0.6 is 11.6 Å². The Labute approximate surface area is 151 Å². The summed E-state index contributed by atoms with van der Waals surface area (Å²) in [6.07, 6.45) is 1.76. The van der Waals surface area contributed by atoms with Crippen LogP contribution in [0.3, 0.4) is 0 Å². The first kappa shape index (κ1) is 18.1. The van der Waals surface area contributed by atoms with Crippen molar-refractivity contribution in [3.05, 3.63) is 39.6 Å². The maximum Gasteiger partial charge on any atom is 0.199 e. The molecule has 3 rings (SSSR count). The number of hydroxylamine groups is 2. The van der Waals surface area contributed by atoms with Crippen molar-refractivity contribution >= 4 is 33.0 Å². The Bertz CT molecular complexity index is 904. The van der Waals surface area contributed by atoms with Crippen LogP contribution in [-0.4, -0.2) is 45.0 Å². The standard InChI is InChI=1S/C17H18ClNO5S/c1-19(24-2)12-4-3-5-13(20)15(12)17(21)11-6-7-14-10(16(11)18)8-9-25(14,22)23/h6-7H,3-5,8-9H2,1-2H3. The molecule has 0 bridgehead atoms. The van der Waals surface area contributed by atoms with E-state index in [9.17, 15) is 18.0 Å². The van der Waals surface area contributed by atoms with E-state index in [1.807, 2.05) is 0 Å². The molecule has 1 aliphatic heterocycles. The van der Waals surface area contributed by atoms with Gasteiger partial charge in [0.2, 0.25) is 0 Å². The zero-order chi connectivity index (χ0) is 18.4. The predicted octanol–water partition coefficient (Wildman–Crippen LogP) is 2.35. The summed E-state index contributed by atoms with van der Waals surface area (Å²) >= 11 is 6.34. The summed E-state index contributed by atoms with van der Waals surface area (Å²) < 4.78 is 24.0. The van der Waals surface area contributed by atoms with E-state index in [2.05, 4.69) is 0 Å². The lowest BCUT2D eigenvalue weighted by Crippen LogP contribution is -2.28. The van der Waals surface area contributed by atoms with Gasteiger partial charge in [-0.25, -0.2) is 8.42 Å². The average molecular weight is 384 g/mol. The van der Waals surface area contributed by atoms with Gasteiger partial charge in [0.15, 0.2) is 21.4 Å². The Balaban J connectivity index is 2.12. The van der Waals surface area contributed by atoms with Gasteiger partial charge in [0.25, 0.3) is 0 Å². The lowest BCUT2D eigenvalue weighted by Gasteiger charge is -2.26. The highest BCUT2D eigenvalue weighted by Gasteiger charge is 2.34. The molecule has 0 atom stereocenters. The summed E-state index contributed by atoms with van der Waals surface area (Å²) in [5, 5.41) is 1.53. The van der Waals surface area contributed by atoms with E-state index in [0.29, 0.717) is 30.5 Å². The van der Waals surface area contributed by atoms with Crippen LogP contribution in [0.5, 0.6) is 0 Å². The van der Waals surface area contributed by atoms with Crippen LogP contribution in [0, 0.1) is 0 Å². The molecule has 0 amide bonds. The number of carbonyl (C=O) groups is 2. The highest BCUT2D eigenvalue weighted by Crippen LogP contribution is 2.36. The topological polar surface area (TPSA) is 80.8 Å². The molecule has 0 N–H and O–H groups in total. The maximum absolute atomic E-state index is 13.0. The molecule has 0 fully saturated rings. The molecule has 0 saturated heterocycles. The SMILES string of the molecule is CON(C)C1=C(C(=O)c2ccc3c(c2Cl)CCS3(=O)=O)C(=O)CCC1. The fourth-order valence-corrected chi connectivity index (χ4v) is 5.24. The van der Waals surface area contributed by atoms with Crippen molar-refractivity contribution in [1.29, 1.82) is 0 Å². The van der Waals surface area contributed by atoms with Gasteiger partial charge in [0.05, 0.1) is 34.1 Å². The van der Waals surface area contributed by atoms with Crippen LogP contribution in [-0.2, 0) is 25.9 Å². The minimum Gasteiger partial charge on any atom is -0.294 e. The van der Waals surface area contributed by atoms with Crippen LogP contribution in [0.1, 0.15) is 35.2 Å². The Kier molecular flexibility index (Phi) is 4.74. The van der Waals surface area contributed by atoms with Crippen molar-refractivity contribution in [3.8, 4) is 0 Å². The van der Waals surface area contributed by atoms with Crippen molar-refractivity contribution < 1.29 is 22.8 Å². The Hall–Kier alpha value is -1.70. The van der Waals surface area contributed by atoms with Gasteiger partial charge in [0, 0.05) is 19.0 Å². The molecule has 1 aromatic carbocycles. The number of rotatable bonds is 4. The van der Waals surface area contributed by atoms with E-state index >= 15 is 0 Å². The van der Waals surface area contributed by atoms with Gasteiger partial charge >= 0.3 is 0 Å². The number of nitrogens with zero attached hydrogens (tertiary/aromatic N) is 1. The molecule has 0 spiro atoms. The fraction of sp³-hybridized carbons (Fsp3) is 0.412. The summed E-state index contributed by atoms with van der Waals surface area (Å²) in [5.74, 6) is -0.751. The van der Waals surface area contributed by atoms with Gasteiger partial charge in [-0.15, -0.1) is 0 Å². The second-order valence-corrected chi connectivity index (χ2v) is 8.54. The number of hydrogen-bond acceptors (Lipinski definition) is 6. The highest BCUT2D eigenvalue weighted by atomic mass is 35.5. The summed E-state index contributed by atoms with van der Waals surface area (Å²) in [4.78, 5) is 30.7. The maximum atomic E-state index is 13.0. The molecule has 1 aliphatic carbocycles. The van der Waals surface area contributed by atoms with Crippen molar-refractivity contribution in [2.24, 2.45) is 0 Å². The summed E-state index contributed by atoms with van der Waals surface area (Å²) in [6, 6.07) is 2.80. The zero-order valence-corrected chi connectivity index (χ0v) is 15.5. The third-order valence-electron chi connectivity index (χ3n) is 4.67. The number of Topliss-reactive ketones (excluding diaryl/α,β-unsaturated/α-hetero) is 2. The number of benzene rings is 1. The molecular weight excluding hydrogens is 366 g/mol. The molecule has 1 heterocycles. The normalized spacial score (nSPS) is 19.1. The molecule has 1 aromatic rings. The van der Waals surface area contributed by atoms with Gasteiger partial charge in [-0.2, -0.15) is 0 Å². The molecule has 0 radical (unpaired) electrons. The molecule has 0 saturated carbocycles. The fourth-order valence-electron chi connectivity index (χ4n) is 3.29. The van der Waals surface area contributed by atoms with E-state index in [1.54, 1.807) is 7.05 Å². The van der Waals surface area contributed by atoms with E-state index < -0.39 is 15.6 Å². The first-order valence-corrected chi connectivity index (χ1v) is 9.94. The molecule has 2 aliphatic rings. The molecule has 25 heavy (non-hydrogen) atoms. The third-order valence-corrected chi connectivity index (χ3v) is 6.89. The predicted molar refractivity (Wildman–Crippen MR) is 92.2 cm³/mol. The Morgan fingerprint density at radius 3 is 2.64 bits per heavy atom. The average Bonchev–Trinajstić information content (AvgIpc) is 2.89. The lowest BCUT2D eigenvalue weighted by atomic mass is 9.88. The monoisotopic (exact) mass is 383 g/mol. The molecular formula is C17H18ClNO5S. The number of allylic oxidation sites excluding steroid dienone is 2. The molecule has 0 aromatic heterocycles. The molecule has 0 unspecified atom stereocenters. The van der Waals surface area contributed by atoms with Gasteiger partial charge in [0.1, 0.15) is 0 Å². The number of carbonyl (C=O) groups excluding carboxylic acids is 2. The van der Waals surface area contributed by atoms with E-state index in [1.165, 1.54) is 24.3 Å². The number of halogens is 1. The number of hydrogen-bond donors (Lipinski definition) is 0. The van der Waals surface area contributed by atoms with Gasteiger partial charge in [-0.3, -0.25) is 19.5 Å². The minimum absolute atomic E-state index is 0.0149. The zero-order valence-electron chi connectivity index (χ0n) is 14.0. The quantitative estimate of drug-likeness (QED) is 0.451. The number of ketones is 2. The summed E-state index contributed by atoms with van der Waals surface area (Å²) in [5.41, 5.74) is 1.20. The van der Waals surface area contributed by atoms with Gasteiger partial charge in [-0.05, 0) is 37.0 Å². The van der Waals surface area contributed by atoms with Crippen LogP contribution in [0.15, 0.2) is 28.3 Å². The number of sulfone groups is 1. The van der Waals surface area contributed by atoms with Crippen LogP contribution in [0.2, 0.25) is 5.02 Å². The van der Waals surface area contributed by atoms with Crippen molar-refractivity contribution in [2.45, 2.75) is 30.6 Å². The van der Waals surface area contributed by atoms with E-state index in [4.69, 9.17) is 16.4 Å². The summed E-state index contributed by atoms with van der Waals surface area (Å²) in [6.45, 7) is 0. The van der Waals surface area contributed by atoms with E-state index in [-0.39, 0.29) is 39.0 Å². The Morgan fingerprint density at radius 1 is 1.24 bits per heavy atom. The Morgan fingerprint density at radius 2 is 1.96 bits per heavy atom. The van der Waals surface area contributed by atoms with Crippen molar-refractivity contribution in [1.82, 2.24) is 5.06 Å². The van der Waals surface area contributed by atoms with Crippen LogP contribution in [0.4, 0.5) is 0 Å². The van der Waals surface area contributed by atoms with E-state index in [0.717, 1.165) is 0 Å². The molecule has 134 valence electrons. The van der Waals surface area contributed by atoms with Crippen LogP contribution in [0.25, 0.3) is 0 Å². The number of fused-ring (bicyclic) bond motifs is 1. The van der Waals surface area contributed by atoms with Crippen molar-refractivity contribution in [2.75, 3.05) is 19.9 Å². The smallest absolute Gasteiger partial charge is 0.199 e. The molecule has 6 nitrogen and oxygen atoms in total. The van der Waals surface area contributed by atoms with Gasteiger partial charge < -0.3 is 0 Å². The van der Waals surface area contributed by atoms with Crippen LogP contribution < -0.4 is 0 Å². The second-order valence-electron chi connectivity index (χ2n) is 6.08. The summed E-state index contributed by atoms with van der Waals surface area (Å²) in [7, 11) is -0.241. The van der Waals surface area contributed by atoms with Crippen molar-refractivity contribution in [3.63, 3.8) is 0 Å². The largest absolute Gasteiger partial charge is 0.294 e. The third kappa shape index (κ3) is 3.01. The highest BCUT2D eigenvalue weighted by molar-refractivity contribution is 7.91.